The molecule has 1 unspecified atom stereocenters. The van der Waals surface area contributed by atoms with Gasteiger partial charge in [-0.15, -0.1) is 0 Å². The van der Waals surface area contributed by atoms with E-state index in [0.29, 0.717) is 35.7 Å². The maximum atomic E-state index is 13.4. The fourth-order valence-electron chi connectivity index (χ4n) is 4.28. The lowest BCUT2D eigenvalue weighted by molar-refractivity contribution is -0.133. The molecule has 4 rings (SSSR count). The van der Waals surface area contributed by atoms with Gasteiger partial charge in [0.15, 0.2) is 5.65 Å². The number of benzene rings is 1. The third kappa shape index (κ3) is 3.56. The van der Waals surface area contributed by atoms with Crippen LogP contribution in [0, 0.1) is 19.8 Å². The lowest BCUT2D eigenvalue weighted by atomic mass is 10.0. The molecule has 3 heterocycles. The van der Waals surface area contributed by atoms with Crippen LogP contribution in [0.15, 0.2) is 46.0 Å². The molecule has 1 amide bonds. The maximum absolute atomic E-state index is 13.4. The van der Waals surface area contributed by atoms with E-state index in [-0.39, 0.29) is 12.5 Å². The van der Waals surface area contributed by atoms with Gasteiger partial charge in [0, 0.05) is 18.8 Å². The Balaban J connectivity index is 1.91. The minimum atomic E-state index is -0.547. The van der Waals surface area contributed by atoms with Crippen LogP contribution >= 0.6 is 0 Å². The van der Waals surface area contributed by atoms with Gasteiger partial charge < -0.3 is 4.90 Å². The summed E-state index contributed by atoms with van der Waals surface area (Å²) in [5.74, 6) is 0.226. The second kappa shape index (κ2) is 7.89. The number of aromatic nitrogens is 3. The van der Waals surface area contributed by atoms with E-state index in [2.05, 4.69) is 11.9 Å². The molecule has 1 aromatic carbocycles. The van der Waals surface area contributed by atoms with E-state index in [1.54, 1.807) is 17.0 Å². The zero-order valence-electron chi connectivity index (χ0n) is 17.6. The molecule has 0 bridgehead atoms. The largest absolute Gasteiger partial charge is 0.341 e. The number of piperidine rings is 1. The zero-order valence-corrected chi connectivity index (χ0v) is 17.6. The number of amides is 1. The summed E-state index contributed by atoms with van der Waals surface area (Å²) >= 11 is 0. The highest BCUT2D eigenvalue weighted by Crippen LogP contribution is 2.18. The number of likely N-dealkylation sites (tertiary alicyclic amines) is 1. The highest BCUT2D eigenvalue weighted by molar-refractivity contribution is 5.81. The van der Waals surface area contributed by atoms with Crippen molar-refractivity contribution in [1.82, 2.24) is 19.0 Å². The van der Waals surface area contributed by atoms with E-state index in [4.69, 9.17) is 0 Å². The van der Waals surface area contributed by atoms with Crippen LogP contribution in [-0.4, -0.2) is 38.0 Å². The summed E-state index contributed by atoms with van der Waals surface area (Å²) in [6, 6.07) is 10.9. The number of hydrogen-bond donors (Lipinski definition) is 0. The number of carbonyl (C=O) groups excluding carboxylic acids is 1. The Kier molecular flexibility index (Phi) is 5.28. The molecule has 3 aromatic rings. The Morgan fingerprint density at radius 1 is 1.17 bits per heavy atom. The highest BCUT2D eigenvalue weighted by Gasteiger charge is 2.24. The first-order chi connectivity index (χ1) is 14.4. The van der Waals surface area contributed by atoms with Crippen molar-refractivity contribution < 1.29 is 4.79 Å². The number of pyridine rings is 1. The molecule has 0 aliphatic carbocycles. The van der Waals surface area contributed by atoms with Crippen LogP contribution in [0.2, 0.25) is 0 Å². The molecule has 0 spiro atoms. The molecule has 1 aliphatic rings. The van der Waals surface area contributed by atoms with Crippen LogP contribution in [0.3, 0.4) is 0 Å². The van der Waals surface area contributed by atoms with Gasteiger partial charge in [0.05, 0.1) is 11.1 Å². The van der Waals surface area contributed by atoms with Gasteiger partial charge in [-0.3, -0.25) is 9.59 Å². The van der Waals surface area contributed by atoms with Gasteiger partial charge in [0.25, 0.3) is 5.56 Å². The molecule has 1 fully saturated rings. The summed E-state index contributed by atoms with van der Waals surface area (Å²) < 4.78 is 2.49. The monoisotopic (exact) mass is 406 g/mol. The highest BCUT2D eigenvalue weighted by atomic mass is 16.2. The number of rotatable bonds is 3. The summed E-state index contributed by atoms with van der Waals surface area (Å²) in [4.78, 5) is 45.9. The van der Waals surface area contributed by atoms with E-state index in [0.717, 1.165) is 28.7 Å². The lowest BCUT2D eigenvalue weighted by Gasteiger charge is -2.31. The quantitative estimate of drug-likeness (QED) is 0.669. The molecule has 0 N–H and O–H groups in total. The standard InChI is InChI=1S/C23H26N4O3/c1-15-8-7-11-25(13-15)19(28)14-26-22(29)20-16(2)12-17(3)24-21(20)27(23(26)30)18-9-5-4-6-10-18/h4-6,9-10,12,15H,7-8,11,13-14H2,1-3H3. The Hall–Kier alpha value is -3.22. The second-order valence-electron chi connectivity index (χ2n) is 8.21. The summed E-state index contributed by atoms with van der Waals surface area (Å²) in [5.41, 5.74) is 1.38. The van der Waals surface area contributed by atoms with E-state index < -0.39 is 11.2 Å². The van der Waals surface area contributed by atoms with Crippen molar-refractivity contribution in [3.63, 3.8) is 0 Å². The van der Waals surface area contributed by atoms with E-state index >= 15 is 0 Å². The van der Waals surface area contributed by atoms with E-state index in [1.165, 1.54) is 4.57 Å². The average Bonchev–Trinajstić information content (AvgIpc) is 2.71. The SMILES string of the molecule is Cc1cc(C)c2c(=O)n(CC(=O)N3CCCC(C)C3)c(=O)n(-c3ccccc3)c2n1. The zero-order chi connectivity index (χ0) is 21.4. The second-order valence-corrected chi connectivity index (χ2v) is 8.21. The topological polar surface area (TPSA) is 77.2 Å². The number of nitrogens with zero attached hydrogens (tertiary/aromatic N) is 4. The van der Waals surface area contributed by atoms with Crippen molar-refractivity contribution in [2.24, 2.45) is 5.92 Å². The number of carbonyl (C=O) groups is 1. The van der Waals surface area contributed by atoms with Crippen molar-refractivity contribution in [2.75, 3.05) is 13.1 Å². The van der Waals surface area contributed by atoms with Crippen LogP contribution in [0.5, 0.6) is 0 Å². The lowest BCUT2D eigenvalue weighted by Crippen LogP contribution is -2.47. The van der Waals surface area contributed by atoms with Gasteiger partial charge >= 0.3 is 5.69 Å². The van der Waals surface area contributed by atoms with E-state index in [9.17, 15) is 14.4 Å². The first-order valence-corrected chi connectivity index (χ1v) is 10.3. The minimum Gasteiger partial charge on any atom is -0.341 e. The fourth-order valence-corrected chi connectivity index (χ4v) is 4.28. The summed E-state index contributed by atoms with van der Waals surface area (Å²) in [5, 5.41) is 0.365. The van der Waals surface area contributed by atoms with Gasteiger partial charge in [-0.25, -0.2) is 18.9 Å². The average molecular weight is 406 g/mol. The molecule has 7 heteroatoms. The number of aryl methyl sites for hydroxylation is 2. The summed E-state index contributed by atoms with van der Waals surface area (Å²) in [6.45, 7) is 6.84. The fraction of sp³-hybridized carbons (Fsp3) is 0.391. The molecule has 1 saturated heterocycles. The Morgan fingerprint density at radius 2 is 1.90 bits per heavy atom. The van der Waals surface area contributed by atoms with Gasteiger partial charge in [0.2, 0.25) is 5.91 Å². The Morgan fingerprint density at radius 3 is 2.60 bits per heavy atom. The van der Waals surface area contributed by atoms with Crippen molar-refractivity contribution in [3.05, 3.63) is 68.5 Å². The first kappa shape index (κ1) is 20.1. The van der Waals surface area contributed by atoms with Gasteiger partial charge in [-0.05, 0) is 56.4 Å². The smallest absolute Gasteiger partial charge is 0.337 e. The van der Waals surface area contributed by atoms with Crippen LogP contribution in [0.1, 0.15) is 31.0 Å². The van der Waals surface area contributed by atoms with Crippen LogP contribution in [0.25, 0.3) is 16.7 Å². The molecule has 1 aliphatic heterocycles. The predicted octanol–water partition coefficient (Wildman–Crippen LogP) is 2.42. The van der Waals surface area contributed by atoms with Crippen LogP contribution in [0.4, 0.5) is 0 Å². The number of fused-ring (bicyclic) bond motifs is 1. The summed E-state index contributed by atoms with van der Waals surface area (Å²) in [6.07, 6.45) is 2.03. The van der Waals surface area contributed by atoms with Gasteiger partial charge in [0.1, 0.15) is 6.54 Å². The molecule has 1 atom stereocenters. The number of para-hydroxylation sites is 1. The van der Waals surface area contributed by atoms with Crippen LogP contribution < -0.4 is 11.2 Å². The van der Waals surface area contributed by atoms with Crippen molar-refractivity contribution in [2.45, 2.75) is 40.2 Å². The van der Waals surface area contributed by atoms with Crippen molar-refractivity contribution >= 4 is 16.9 Å². The molecule has 156 valence electrons. The molecular formula is C23H26N4O3. The third-order valence-electron chi connectivity index (χ3n) is 5.74. The van der Waals surface area contributed by atoms with Crippen molar-refractivity contribution in [1.29, 1.82) is 0 Å². The molecular weight excluding hydrogens is 380 g/mol. The molecule has 2 aromatic heterocycles. The Bertz CT molecular complexity index is 1230. The maximum Gasteiger partial charge on any atom is 0.337 e. The Labute approximate surface area is 174 Å². The molecule has 30 heavy (non-hydrogen) atoms. The predicted molar refractivity (Wildman–Crippen MR) is 116 cm³/mol. The normalized spacial score (nSPS) is 16.8. The van der Waals surface area contributed by atoms with Crippen molar-refractivity contribution in [3.8, 4) is 5.69 Å². The molecule has 0 saturated carbocycles. The third-order valence-corrected chi connectivity index (χ3v) is 5.74. The minimum absolute atomic E-state index is 0.197. The van der Waals surface area contributed by atoms with Gasteiger partial charge in [-0.2, -0.15) is 0 Å². The molecule has 7 nitrogen and oxygen atoms in total. The van der Waals surface area contributed by atoms with Gasteiger partial charge in [-0.1, -0.05) is 25.1 Å². The summed E-state index contributed by atoms with van der Waals surface area (Å²) in [7, 11) is 0. The van der Waals surface area contributed by atoms with E-state index in [1.807, 2.05) is 38.1 Å². The first-order valence-electron chi connectivity index (χ1n) is 10.3. The molecule has 0 radical (unpaired) electrons. The van der Waals surface area contributed by atoms with Crippen LogP contribution in [-0.2, 0) is 11.3 Å². The number of hydrogen-bond acceptors (Lipinski definition) is 4.